The zero-order valence-electron chi connectivity index (χ0n) is 14.7. The van der Waals surface area contributed by atoms with Crippen LogP contribution in [0.25, 0.3) is 0 Å². The topological polar surface area (TPSA) is 87.7 Å². The Morgan fingerprint density at radius 1 is 1.14 bits per heavy atom. The molecule has 2 N–H and O–H groups in total. The van der Waals surface area contributed by atoms with Crippen LogP contribution >= 0.6 is 0 Å². The van der Waals surface area contributed by atoms with Crippen LogP contribution in [0.15, 0.2) is 29.2 Å². The smallest absolute Gasteiger partial charge is 0.327 e. The van der Waals surface area contributed by atoms with Gasteiger partial charge in [-0.2, -0.15) is 30.6 Å². The third kappa shape index (κ3) is 6.75. The summed E-state index contributed by atoms with van der Waals surface area (Å²) in [5.74, 6) is 0. The number of piperidine rings is 1. The van der Waals surface area contributed by atoms with E-state index in [2.05, 4.69) is 0 Å². The number of nitrogens with zero attached hydrogens (tertiary/aromatic N) is 1. The second-order valence-electron chi connectivity index (χ2n) is 6.15. The first-order chi connectivity index (χ1) is 13.3. The van der Waals surface area contributed by atoms with Gasteiger partial charge in [0.05, 0.1) is 16.6 Å². The summed E-state index contributed by atoms with van der Waals surface area (Å²) in [6.07, 6.45) is -9.78. The summed E-state index contributed by atoms with van der Waals surface area (Å²) in [5.41, 5.74) is 0.699. The van der Waals surface area contributed by atoms with Crippen molar-refractivity contribution in [2.24, 2.45) is 0 Å². The van der Waals surface area contributed by atoms with E-state index in [4.69, 9.17) is 4.84 Å². The van der Waals surface area contributed by atoms with E-state index in [1.807, 2.05) is 0 Å². The van der Waals surface area contributed by atoms with Gasteiger partial charge in [0.2, 0.25) is 10.0 Å². The number of halogens is 6. The number of sulfonamides is 1. The Morgan fingerprint density at radius 3 is 2.31 bits per heavy atom. The molecule has 1 heterocycles. The molecular weight excluding hydrogens is 432 g/mol. The molecule has 0 saturated carbocycles. The van der Waals surface area contributed by atoms with Gasteiger partial charge >= 0.3 is 18.4 Å². The molecule has 29 heavy (non-hydrogen) atoms. The van der Waals surface area contributed by atoms with Gasteiger partial charge in [0.1, 0.15) is 6.54 Å². The molecule has 0 bridgehead atoms. The fourth-order valence-electron chi connectivity index (χ4n) is 2.53. The Kier molecular flexibility index (Phi) is 7.01. The maximum atomic E-state index is 12.8. The zero-order valence-corrected chi connectivity index (χ0v) is 15.5. The highest BCUT2D eigenvalue weighted by Gasteiger charge is 2.34. The van der Waals surface area contributed by atoms with Gasteiger partial charge < -0.3 is 5.32 Å². The predicted octanol–water partition coefficient (Wildman–Crippen LogP) is 2.65. The molecule has 0 radical (unpaired) electrons. The van der Waals surface area contributed by atoms with Crippen LogP contribution in [0.4, 0.5) is 31.1 Å². The molecule has 14 heteroatoms. The molecule has 2 rings (SSSR count). The van der Waals surface area contributed by atoms with Gasteiger partial charge in [0.25, 0.3) is 0 Å². The number of carbonyl (C=O) groups excluding carboxylic acids is 1. The van der Waals surface area contributed by atoms with E-state index < -0.39 is 51.5 Å². The molecule has 0 atom stereocenters. The van der Waals surface area contributed by atoms with Gasteiger partial charge in [-0.15, -0.1) is 0 Å². The van der Waals surface area contributed by atoms with Gasteiger partial charge in [0.15, 0.2) is 0 Å². The maximum absolute atomic E-state index is 12.8. The normalized spacial score (nSPS) is 17.2. The molecule has 1 saturated heterocycles. The van der Waals surface area contributed by atoms with Crippen molar-refractivity contribution in [2.75, 3.05) is 19.6 Å². The van der Waals surface area contributed by atoms with Crippen LogP contribution in [-0.2, 0) is 21.0 Å². The Balaban J connectivity index is 1.89. The van der Waals surface area contributed by atoms with Crippen LogP contribution in [0.3, 0.4) is 0 Å². The Morgan fingerprint density at radius 2 is 1.76 bits per heavy atom. The summed E-state index contributed by atoms with van der Waals surface area (Å²) < 4.78 is 100. The van der Waals surface area contributed by atoms with Crippen molar-refractivity contribution in [3.63, 3.8) is 0 Å². The standard InChI is InChI=1S/C15H17F6N3O4S/c16-14(17,18)9-22-13(25)23-28-11-4-6-24(7-5-11)29(26,27)12-3-1-2-10(8-12)15(19,20)21/h1-3,8,11H,4-7,9H2,(H2,22,23,25). The van der Waals surface area contributed by atoms with E-state index in [9.17, 15) is 39.6 Å². The van der Waals surface area contributed by atoms with Gasteiger partial charge in [0, 0.05) is 13.1 Å². The fraction of sp³-hybridized carbons (Fsp3) is 0.533. The number of rotatable bonds is 5. The fourth-order valence-corrected chi connectivity index (χ4v) is 4.04. The Bertz CT molecular complexity index is 820. The number of carbonyl (C=O) groups is 1. The Labute approximate surface area is 162 Å². The number of benzene rings is 1. The highest BCUT2D eigenvalue weighted by Crippen LogP contribution is 2.31. The second kappa shape index (κ2) is 8.75. The van der Waals surface area contributed by atoms with E-state index >= 15 is 0 Å². The lowest BCUT2D eigenvalue weighted by atomic mass is 10.1. The minimum Gasteiger partial charge on any atom is -0.327 e. The van der Waals surface area contributed by atoms with E-state index in [-0.39, 0.29) is 25.9 Å². The van der Waals surface area contributed by atoms with Crippen molar-refractivity contribution in [1.29, 1.82) is 0 Å². The molecule has 1 aliphatic rings. The van der Waals surface area contributed by atoms with Crippen LogP contribution in [0.1, 0.15) is 18.4 Å². The number of hydrogen-bond acceptors (Lipinski definition) is 4. The summed E-state index contributed by atoms with van der Waals surface area (Å²) in [5, 5.41) is 1.54. The molecule has 0 spiro atoms. The van der Waals surface area contributed by atoms with Crippen molar-refractivity contribution in [2.45, 2.75) is 36.2 Å². The number of urea groups is 1. The minimum absolute atomic E-state index is 0.0811. The lowest BCUT2D eigenvalue weighted by Gasteiger charge is -2.30. The third-order valence-electron chi connectivity index (χ3n) is 3.97. The van der Waals surface area contributed by atoms with Gasteiger partial charge in [-0.25, -0.2) is 18.7 Å². The summed E-state index contributed by atoms with van der Waals surface area (Å²) in [6, 6.07) is 2.15. The van der Waals surface area contributed by atoms with Gasteiger partial charge in [-0.05, 0) is 31.0 Å². The highest BCUT2D eigenvalue weighted by molar-refractivity contribution is 7.89. The van der Waals surface area contributed by atoms with E-state index in [1.165, 1.54) is 5.32 Å². The number of amides is 2. The number of hydrogen-bond donors (Lipinski definition) is 2. The molecule has 1 aliphatic heterocycles. The van der Waals surface area contributed by atoms with Crippen molar-refractivity contribution >= 4 is 16.1 Å². The lowest BCUT2D eigenvalue weighted by Crippen LogP contribution is -2.45. The molecule has 0 aromatic heterocycles. The lowest BCUT2D eigenvalue weighted by molar-refractivity contribution is -0.137. The van der Waals surface area contributed by atoms with Crippen molar-refractivity contribution < 1.29 is 44.4 Å². The van der Waals surface area contributed by atoms with Crippen molar-refractivity contribution in [1.82, 2.24) is 15.1 Å². The molecule has 2 amide bonds. The average Bonchev–Trinajstić information content (AvgIpc) is 2.64. The maximum Gasteiger partial charge on any atom is 0.416 e. The van der Waals surface area contributed by atoms with Crippen molar-refractivity contribution in [3.05, 3.63) is 29.8 Å². The van der Waals surface area contributed by atoms with Crippen LogP contribution < -0.4 is 10.8 Å². The minimum atomic E-state index is -4.69. The highest BCUT2D eigenvalue weighted by atomic mass is 32.2. The molecule has 0 unspecified atom stereocenters. The molecule has 1 fully saturated rings. The summed E-state index contributed by atoms with van der Waals surface area (Å²) in [4.78, 5) is 15.6. The third-order valence-corrected chi connectivity index (χ3v) is 5.86. The van der Waals surface area contributed by atoms with E-state index in [0.29, 0.717) is 6.07 Å². The first-order valence-electron chi connectivity index (χ1n) is 8.23. The van der Waals surface area contributed by atoms with Gasteiger partial charge in [-0.3, -0.25) is 4.84 Å². The molecule has 7 nitrogen and oxygen atoms in total. The average molecular weight is 449 g/mol. The molecular formula is C15H17F6N3O4S. The molecule has 1 aromatic rings. The molecule has 0 aliphatic carbocycles. The zero-order chi connectivity index (χ0) is 21.9. The molecule has 164 valence electrons. The van der Waals surface area contributed by atoms with Crippen molar-refractivity contribution in [3.8, 4) is 0 Å². The van der Waals surface area contributed by atoms with E-state index in [1.54, 1.807) is 5.48 Å². The SMILES string of the molecule is O=C(NCC(F)(F)F)NOC1CCN(S(=O)(=O)c2cccc(C(F)(F)F)c2)CC1. The van der Waals surface area contributed by atoms with Gasteiger partial charge in [-0.1, -0.05) is 6.07 Å². The van der Waals surface area contributed by atoms with Crippen LogP contribution in [0.2, 0.25) is 0 Å². The summed E-state index contributed by atoms with van der Waals surface area (Å²) in [6.45, 7) is -1.75. The monoisotopic (exact) mass is 449 g/mol. The first kappa shape index (κ1) is 23.2. The number of nitrogens with one attached hydrogen (secondary N) is 2. The largest absolute Gasteiger partial charge is 0.416 e. The number of alkyl halides is 6. The predicted molar refractivity (Wildman–Crippen MR) is 86.9 cm³/mol. The summed E-state index contributed by atoms with van der Waals surface area (Å²) >= 11 is 0. The quantitative estimate of drug-likeness (QED) is 0.535. The Hall–Kier alpha value is -2.06. The number of hydroxylamine groups is 1. The first-order valence-corrected chi connectivity index (χ1v) is 9.67. The summed E-state index contributed by atoms with van der Waals surface area (Å²) in [7, 11) is -4.17. The van der Waals surface area contributed by atoms with Crippen LogP contribution in [-0.4, -0.2) is 50.7 Å². The van der Waals surface area contributed by atoms with Crippen LogP contribution in [0.5, 0.6) is 0 Å². The van der Waals surface area contributed by atoms with E-state index in [0.717, 1.165) is 22.5 Å². The van der Waals surface area contributed by atoms with Crippen LogP contribution in [0, 0.1) is 0 Å². The molecule has 1 aromatic carbocycles. The second-order valence-corrected chi connectivity index (χ2v) is 8.08.